The van der Waals surface area contributed by atoms with Crippen molar-refractivity contribution in [3.63, 3.8) is 0 Å². The summed E-state index contributed by atoms with van der Waals surface area (Å²) in [6, 6.07) is 4.46. The van der Waals surface area contributed by atoms with E-state index in [-0.39, 0.29) is 5.82 Å². The van der Waals surface area contributed by atoms with E-state index < -0.39 is 6.10 Å². The van der Waals surface area contributed by atoms with Gasteiger partial charge in [0.1, 0.15) is 5.82 Å². The molecule has 1 nitrogen and oxygen atoms in total. The molecule has 0 saturated heterocycles. The van der Waals surface area contributed by atoms with Gasteiger partial charge in [0.25, 0.3) is 0 Å². The Bertz CT molecular complexity index is 349. The van der Waals surface area contributed by atoms with E-state index in [1.54, 1.807) is 6.07 Å². The lowest BCUT2D eigenvalue weighted by molar-refractivity contribution is 0.157. The molecule has 1 aliphatic carbocycles. The van der Waals surface area contributed by atoms with E-state index >= 15 is 0 Å². The zero-order chi connectivity index (χ0) is 10.8. The summed E-state index contributed by atoms with van der Waals surface area (Å²) in [4.78, 5) is 0. The van der Waals surface area contributed by atoms with Crippen molar-refractivity contribution in [1.82, 2.24) is 0 Å². The molecule has 1 fully saturated rings. The van der Waals surface area contributed by atoms with Gasteiger partial charge in [0.2, 0.25) is 0 Å². The van der Waals surface area contributed by atoms with Crippen LogP contribution in [0.5, 0.6) is 0 Å². The quantitative estimate of drug-likeness (QED) is 0.839. The summed E-state index contributed by atoms with van der Waals surface area (Å²) in [6.45, 7) is 0. The summed E-state index contributed by atoms with van der Waals surface area (Å²) < 4.78 is 13.3. The second-order valence-electron chi connectivity index (χ2n) is 4.27. The zero-order valence-electron chi connectivity index (χ0n) is 8.42. The Balaban J connectivity index is 1.98. The molecule has 0 spiro atoms. The van der Waals surface area contributed by atoms with E-state index in [9.17, 15) is 9.50 Å². The summed E-state index contributed by atoms with van der Waals surface area (Å²) in [7, 11) is 0. The Kier molecular flexibility index (Phi) is 3.27. The molecule has 82 valence electrons. The highest BCUT2D eigenvalue weighted by Gasteiger charge is 2.24. The monoisotopic (exact) mass is 228 g/mol. The Hall–Kier alpha value is -0.600. The van der Waals surface area contributed by atoms with Crippen LogP contribution in [0.25, 0.3) is 0 Å². The first-order chi connectivity index (χ1) is 7.15. The maximum absolute atomic E-state index is 13.3. The average molecular weight is 229 g/mol. The molecular weight excluding hydrogens is 215 g/mol. The summed E-state index contributed by atoms with van der Waals surface area (Å²) in [6.07, 6.45) is 3.12. The number of hydrogen-bond acceptors (Lipinski definition) is 1. The van der Waals surface area contributed by atoms with Gasteiger partial charge in [0, 0.05) is 11.4 Å². The normalized spacial score (nSPS) is 17.8. The van der Waals surface area contributed by atoms with E-state index in [1.165, 1.54) is 25.0 Å². The van der Waals surface area contributed by atoms with Crippen molar-refractivity contribution in [3.8, 4) is 0 Å². The molecule has 0 amide bonds. The molecular formula is C12H14ClFO. The fraction of sp³-hybridized carbons (Fsp3) is 0.500. The number of aliphatic hydroxyl groups is 1. The van der Waals surface area contributed by atoms with Gasteiger partial charge < -0.3 is 5.11 Å². The highest BCUT2D eigenvalue weighted by Crippen LogP contribution is 2.34. The largest absolute Gasteiger partial charge is 0.393 e. The van der Waals surface area contributed by atoms with Crippen LogP contribution in [-0.4, -0.2) is 11.2 Å². The predicted molar refractivity (Wildman–Crippen MR) is 58.5 cm³/mol. The van der Waals surface area contributed by atoms with Gasteiger partial charge >= 0.3 is 0 Å². The fourth-order valence-electron chi connectivity index (χ4n) is 1.78. The summed E-state index contributed by atoms with van der Waals surface area (Å²) in [5, 5.41) is 10.2. The predicted octanol–water partition coefficient (Wildman–Crippen LogP) is 3.18. The number of rotatable bonds is 4. The van der Waals surface area contributed by atoms with Gasteiger partial charge in [0.15, 0.2) is 0 Å². The van der Waals surface area contributed by atoms with Crippen LogP contribution in [0, 0.1) is 11.7 Å². The van der Waals surface area contributed by atoms with Crippen molar-refractivity contribution < 1.29 is 9.50 Å². The third kappa shape index (κ3) is 3.18. The number of benzene rings is 1. The molecule has 1 N–H and O–H groups in total. The first-order valence-corrected chi connectivity index (χ1v) is 5.65. The molecule has 1 saturated carbocycles. The van der Waals surface area contributed by atoms with Crippen LogP contribution in [0.1, 0.15) is 24.8 Å². The minimum atomic E-state index is -0.439. The average Bonchev–Trinajstić information content (AvgIpc) is 2.95. The SMILES string of the molecule is OC(Cc1cc(Cl)ccc1F)CC1CC1. The molecule has 2 rings (SSSR count). The molecule has 15 heavy (non-hydrogen) atoms. The maximum atomic E-state index is 13.3. The lowest BCUT2D eigenvalue weighted by Gasteiger charge is -2.10. The lowest BCUT2D eigenvalue weighted by atomic mass is 10.0. The smallest absolute Gasteiger partial charge is 0.126 e. The van der Waals surface area contributed by atoms with Crippen molar-refractivity contribution in [2.75, 3.05) is 0 Å². The molecule has 0 aliphatic heterocycles. The first-order valence-electron chi connectivity index (χ1n) is 5.27. The summed E-state index contributed by atoms with van der Waals surface area (Å²) >= 11 is 5.77. The molecule has 1 aliphatic rings. The number of hydrogen-bond donors (Lipinski definition) is 1. The van der Waals surface area contributed by atoms with E-state index in [0.717, 1.165) is 6.42 Å². The summed E-state index contributed by atoms with van der Waals surface area (Å²) in [5.74, 6) is 0.372. The van der Waals surface area contributed by atoms with Gasteiger partial charge in [-0.15, -0.1) is 0 Å². The summed E-state index contributed by atoms with van der Waals surface area (Å²) in [5.41, 5.74) is 0.510. The maximum Gasteiger partial charge on any atom is 0.126 e. The van der Waals surface area contributed by atoms with Gasteiger partial charge in [-0.2, -0.15) is 0 Å². The van der Waals surface area contributed by atoms with Gasteiger partial charge in [-0.3, -0.25) is 0 Å². The number of aliphatic hydroxyl groups excluding tert-OH is 1. The Morgan fingerprint density at radius 2 is 2.20 bits per heavy atom. The molecule has 1 aromatic carbocycles. The highest BCUT2D eigenvalue weighted by molar-refractivity contribution is 6.30. The molecule has 0 bridgehead atoms. The van der Waals surface area contributed by atoms with Crippen LogP contribution in [0.3, 0.4) is 0 Å². The van der Waals surface area contributed by atoms with Gasteiger partial charge in [-0.25, -0.2) is 4.39 Å². The number of halogens is 2. The standard InChI is InChI=1S/C12H14ClFO/c13-10-3-4-12(14)9(6-10)7-11(15)5-8-1-2-8/h3-4,6,8,11,15H,1-2,5,7H2. The second kappa shape index (κ2) is 4.50. The third-order valence-corrected chi connectivity index (χ3v) is 3.00. The van der Waals surface area contributed by atoms with E-state index in [2.05, 4.69) is 0 Å². The minimum Gasteiger partial charge on any atom is -0.393 e. The Morgan fingerprint density at radius 3 is 2.87 bits per heavy atom. The van der Waals surface area contributed by atoms with Crippen LogP contribution >= 0.6 is 11.6 Å². The van der Waals surface area contributed by atoms with E-state index in [1.807, 2.05) is 0 Å². The first kappa shape index (κ1) is 10.9. The van der Waals surface area contributed by atoms with E-state index in [4.69, 9.17) is 11.6 Å². The molecule has 1 unspecified atom stereocenters. The van der Waals surface area contributed by atoms with Crippen LogP contribution in [0.15, 0.2) is 18.2 Å². The second-order valence-corrected chi connectivity index (χ2v) is 4.71. The zero-order valence-corrected chi connectivity index (χ0v) is 9.17. The van der Waals surface area contributed by atoms with Crippen LogP contribution in [0.4, 0.5) is 4.39 Å². The van der Waals surface area contributed by atoms with Crippen molar-refractivity contribution in [1.29, 1.82) is 0 Å². The Morgan fingerprint density at radius 1 is 1.47 bits per heavy atom. The van der Waals surface area contributed by atoms with Crippen LogP contribution in [0.2, 0.25) is 5.02 Å². The minimum absolute atomic E-state index is 0.283. The Labute approximate surface area is 93.9 Å². The topological polar surface area (TPSA) is 20.2 Å². The van der Waals surface area contributed by atoms with Crippen molar-refractivity contribution in [3.05, 3.63) is 34.6 Å². The molecule has 0 aromatic heterocycles. The molecule has 1 aromatic rings. The van der Waals surface area contributed by atoms with Crippen molar-refractivity contribution in [2.45, 2.75) is 31.8 Å². The van der Waals surface area contributed by atoms with Gasteiger partial charge in [-0.05, 0) is 36.1 Å². The highest BCUT2D eigenvalue weighted by atomic mass is 35.5. The van der Waals surface area contributed by atoms with Gasteiger partial charge in [-0.1, -0.05) is 24.4 Å². The fourth-order valence-corrected chi connectivity index (χ4v) is 1.97. The molecule has 0 heterocycles. The van der Waals surface area contributed by atoms with E-state index in [0.29, 0.717) is 22.9 Å². The van der Waals surface area contributed by atoms with Crippen molar-refractivity contribution >= 4 is 11.6 Å². The third-order valence-electron chi connectivity index (χ3n) is 2.77. The van der Waals surface area contributed by atoms with Crippen LogP contribution < -0.4 is 0 Å². The van der Waals surface area contributed by atoms with Crippen molar-refractivity contribution in [2.24, 2.45) is 5.92 Å². The van der Waals surface area contributed by atoms with Gasteiger partial charge in [0.05, 0.1) is 6.10 Å². The molecule has 3 heteroatoms. The molecule has 0 radical (unpaired) electrons. The molecule has 1 atom stereocenters. The lowest BCUT2D eigenvalue weighted by Crippen LogP contribution is -2.12. The van der Waals surface area contributed by atoms with Crippen LogP contribution in [-0.2, 0) is 6.42 Å².